The molecule has 0 aromatic heterocycles. The van der Waals surface area contributed by atoms with Crippen LogP contribution >= 0.6 is 0 Å². The zero-order chi connectivity index (χ0) is 12.6. The molecule has 0 bridgehead atoms. The van der Waals surface area contributed by atoms with Gasteiger partial charge in [0.2, 0.25) is 0 Å². The minimum absolute atomic E-state index is 0.0906. The molecular weight excluding hydrogens is 212 g/mol. The van der Waals surface area contributed by atoms with Gasteiger partial charge in [0, 0.05) is 12.0 Å². The lowest BCUT2D eigenvalue weighted by Crippen LogP contribution is -2.35. The van der Waals surface area contributed by atoms with E-state index in [0.717, 1.165) is 19.3 Å². The van der Waals surface area contributed by atoms with E-state index in [1.54, 1.807) is 0 Å². The van der Waals surface area contributed by atoms with E-state index in [1.807, 2.05) is 0 Å². The molecule has 2 heteroatoms. The van der Waals surface area contributed by atoms with E-state index in [1.165, 1.54) is 17.6 Å². The van der Waals surface area contributed by atoms with Gasteiger partial charge in [0.1, 0.15) is 0 Å². The quantitative estimate of drug-likeness (QED) is 0.746. The van der Waals surface area contributed by atoms with Crippen LogP contribution in [0, 0.1) is 11.3 Å². The van der Waals surface area contributed by atoms with Crippen molar-refractivity contribution in [2.24, 2.45) is 11.3 Å². The molecule has 0 aromatic carbocycles. The van der Waals surface area contributed by atoms with E-state index in [9.17, 15) is 9.90 Å². The van der Waals surface area contributed by atoms with E-state index in [-0.39, 0.29) is 17.8 Å². The number of allylic oxidation sites excluding steroid dienone is 2. The number of carbonyl (C=O) groups excluding carboxylic acids is 1. The predicted molar refractivity (Wildman–Crippen MR) is 68.6 cm³/mol. The van der Waals surface area contributed by atoms with Crippen molar-refractivity contribution in [3.63, 3.8) is 0 Å². The van der Waals surface area contributed by atoms with Crippen LogP contribution in [0.4, 0.5) is 0 Å². The van der Waals surface area contributed by atoms with Crippen LogP contribution in [-0.4, -0.2) is 17.5 Å². The van der Waals surface area contributed by atoms with Gasteiger partial charge in [-0.25, -0.2) is 0 Å². The fourth-order valence-corrected chi connectivity index (χ4v) is 3.31. The first-order valence-corrected chi connectivity index (χ1v) is 6.50. The van der Waals surface area contributed by atoms with Crippen molar-refractivity contribution in [2.75, 3.05) is 6.61 Å². The summed E-state index contributed by atoms with van der Waals surface area (Å²) in [6.45, 7) is 8.26. The summed E-state index contributed by atoms with van der Waals surface area (Å²) < 4.78 is 0. The third-order valence-electron chi connectivity index (χ3n) is 4.68. The van der Waals surface area contributed by atoms with E-state index < -0.39 is 0 Å². The van der Waals surface area contributed by atoms with Gasteiger partial charge in [0.25, 0.3) is 0 Å². The maximum absolute atomic E-state index is 11.9. The standard InChI is InChI=1S/C15H22O2/c1-10(2)11-4-6-15(3)7-5-14(17)12(9-16)13(15)8-11/h11,16H,1,4-9H2,2-3H3/t11-,15+/m1/s1. The van der Waals surface area contributed by atoms with Crippen LogP contribution in [-0.2, 0) is 4.79 Å². The molecule has 2 rings (SSSR count). The second-order valence-corrected chi connectivity index (χ2v) is 5.89. The third-order valence-corrected chi connectivity index (χ3v) is 4.68. The Morgan fingerprint density at radius 1 is 1.53 bits per heavy atom. The minimum atomic E-state index is -0.0906. The van der Waals surface area contributed by atoms with Gasteiger partial charge in [-0.2, -0.15) is 0 Å². The smallest absolute Gasteiger partial charge is 0.161 e. The van der Waals surface area contributed by atoms with Crippen LogP contribution in [0.25, 0.3) is 0 Å². The second-order valence-electron chi connectivity index (χ2n) is 5.89. The van der Waals surface area contributed by atoms with Crippen LogP contribution in [0.5, 0.6) is 0 Å². The Morgan fingerprint density at radius 3 is 2.82 bits per heavy atom. The average molecular weight is 234 g/mol. The molecule has 0 aromatic rings. The molecule has 0 heterocycles. The Bertz CT molecular complexity index is 392. The van der Waals surface area contributed by atoms with E-state index >= 15 is 0 Å². The monoisotopic (exact) mass is 234 g/mol. The third kappa shape index (κ3) is 2.11. The highest BCUT2D eigenvalue weighted by atomic mass is 16.3. The first kappa shape index (κ1) is 12.6. The van der Waals surface area contributed by atoms with Gasteiger partial charge < -0.3 is 5.11 Å². The number of hydrogen-bond acceptors (Lipinski definition) is 2. The fraction of sp³-hybridized carbons (Fsp3) is 0.667. The molecule has 1 N–H and O–H groups in total. The summed E-state index contributed by atoms with van der Waals surface area (Å²) in [5.74, 6) is 0.646. The van der Waals surface area contributed by atoms with Crippen molar-refractivity contribution in [3.8, 4) is 0 Å². The molecular formula is C15H22O2. The number of fused-ring (bicyclic) bond motifs is 1. The van der Waals surface area contributed by atoms with Crippen molar-refractivity contribution in [3.05, 3.63) is 23.3 Å². The number of rotatable bonds is 2. The summed E-state index contributed by atoms with van der Waals surface area (Å²) >= 11 is 0. The molecule has 0 saturated heterocycles. The molecule has 2 nitrogen and oxygen atoms in total. The maximum Gasteiger partial charge on any atom is 0.161 e. The molecule has 0 spiro atoms. The van der Waals surface area contributed by atoms with E-state index in [4.69, 9.17) is 0 Å². The molecule has 2 aliphatic rings. The van der Waals surface area contributed by atoms with Crippen molar-refractivity contribution in [1.82, 2.24) is 0 Å². The SMILES string of the molecule is C=C(C)[C@@H]1CC[C@@]2(C)CCC(=O)C(CO)=C2C1. The van der Waals surface area contributed by atoms with E-state index in [0.29, 0.717) is 17.9 Å². The van der Waals surface area contributed by atoms with Gasteiger partial charge in [0.05, 0.1) is 6.61 Å². The predicted octanol–water partition coefficient (Wildman–Crippen LogP) is 3.02. The zero-order valence-electron chi connectivity index (χ0n) is 10.9. The Labute approximate surface area is 103 Å². The largest absolute Gasteiger partial charge is 0.392 e. The van der Waals surface area contributed by atoms with Crippen molar-refractivity contribution in [1.29, 1.82) is 0 Å². The van der Waals surface area contributed by atoms with Crippen molar-refractivity contribution < 1.29 is 9.90 Å². The molecule has 2 atom stereocenters. The normalized spacial score (nSPS) is 33.6. The molecule has 2 aliphatic carbocycles. The summed E-state index contributed by atoms with van der Waals surface area (Å²) in [5.41, 5.74) is 3.27. The topological polar surface area (TPSA) is 37.3 Å². The summed E-state index contributed by atoms with van der Waals surface area (Å²) in [7, 11) is 0. The van der Waals surface area contributed by atoms with Crippen LogP contribution in [0.15, 0.2) is 23.3 Å². The second kappa shape index (κ2) is 4.41. The van der Waals surface area contributed by atoms with Crippen LogP contribution in [0.1, 0.15) is 46.0 Å². The Morgan fingerprint density at radius 2 is 2.24 bits per heavy atom. The number of ketones is 1. The molecule has 0 radical (unpaired) electrons. The number of carbonyl (C=O) groups is 1. The number of hydrogen-bond donors (Lipinski definition) is 1. The van der Waals surface area contributed by atoms with Crippen LogP contribution < -0.4 is 0 Å². The van der Waals surface area contributed by atoms with Gasteiger partial charge in [-0.05, 0) is 43.9 Å². The fourth-order valence-electron chi connectivity index (χ4n) is 3.31. The van der Waals surface area contributed by atoms with Crippen LogP contribution in [0.2, 0.25) is 0 Å². The average Bonchev–Trinajstić information content (AvgIpc) is 2.29. The van der Waals surface area contributed by atoms with Crippen molar-refractivity contribution >= 4 is 5.78 Å². The molecule has 94 valence electrons. The number of aliphatic hydroxyl groups is 1. The zero-order valence-corrected chi connectivity index (χ0v) is 10.9. The van der Waals surface area contributed by atoms with Gasteiger partial charge in [-0.1, -0.05) is 24.6 Å². The lowest BCUT2D eigenvalue weighted by molar-refractivity contribution is -0.117. The summed E-state index contributed by atoms with van der Waals surface area (Å²) in [6, 6.07) is 0. The van der Waals surface area contributed by atoms with Gasteiger partial charge >= 0.3 is 0 Å². The molecule has 17 heavy (non-hydrogen) atoms. The molecule has 0 aliphatic heterocycles. The first-order valence-electron chi connectivity index (χ1n) is 6.50. The lowest BCUT2D eigenvalue weighted by atomic mass is 9.60. The Hall–Kier alpha value is -0.890. The highest BCUT2D eigenvalue weighted by molar-refractivity contribution is 5.97. The highest BCUT2D eigenvalue weighted by Gasteiger charge is 2.41. The summed E-state index contributed by atoms with van der Waals surface area (Å²) in [5, 5.41) is 9.44. The Balaban J connectivity index is 2.38. The number of Topliss-reactive ketones (excluding diaryl/α,β-unsaturated/α-hetero) is 1. The molecule has 0 amide bonds. The van der Waals surface area contributed by atoms with Gasteiger partial charge in [0.15, 0.2) is 5.78 Å². The molecule has 0 unspecified atom stereocenters. The molecule has 1 fully saturated rings. The van der Waals surface area contributed by atoms with Crippen molar-refractivity contribution in [2.45, 2.75) is 46.0 Å². The number of aliphatic hydroxyl groups excluding tert-OH is 1. The van der Waals surface area contributed by atoms with E-state index in [2.05, 4.69) is 20.4 Å². The lowest BCUT2D eigenvalue weighted by Gasteiger charge is -2.44. The molecule has 1 saturated carbocycles. The summed E-state index contributed by atoms with van der Waals surface area (Å²) in [6.07, 6.45) is 4.77. The Kier molecular flexibility index (Phi) is 3.26. The maximum atomic E-state index is 11.9. The highest BCUT2D eigenvalue weighted by Crippen LogP contribution is 2.51. The van der Waals surface area contributed by atoms with Crippen LogP contribution in [0.3, 0.4) is 0 Å². The first-order chi connectivity index (χ1) is 7.98. The summed E-state index contributed by atoms with van der Waals surface area (Å²) in [4.78, 5) is 11.9. The van der Waals surface area contributed by atoms with Gasteiger partial charge in [-0.15, -0.1) is 0 Å². The van der Waals surface area contributed by atoms with Gasteiger partial charge in [-0.3, -0.25) is 4.79 Å². The minimum Gasteiger partial charge on any atom is -0.392 e.